The number of aryl methyl sites for hydroxylation is 1. The lowest BCUT2D eigenvalue weighted by Gasteiger charge is -2.32. The number of benzene rings is 2. The van der Waals surface area contributed by atoms with Crippen LogP contribution in [-0.4, -0.2) is 57.7 Å². The van der Waals surface area contributed by atoms with Gasteiger partial charge in [0.05, 0.1) is 5.56 Å². The molecular weight excluding hydrogens is 432 g/mol. The third kappa shape index (κ3) is 3.63. The maximum Gasteiger partial charge on any atom is 0.254 e. The fraction of sp³-hybridized carbons (Fsp3) is 0.385. The highest BCUT2D eigenvalue weighted by molar-refractivity contribution is 6.15. The van der Waals surface area contributed by atoms with E-state index in [0.717, 1.165) is 43.9 Å². The number of carbonyl (C=O) groups is 2. The molecule has 3 aliphatic heterocycles. The maximum absolute atomic E-state index is 13.6. The van der Waals surface area contributed by atoms with Crippen molar-refractivity contribution in [2.45, 2.75) is 38.1 Å². The first-order chi connectivity index (χ1) is 16.7. The molecule has 1 unspecified atom stereocenters. The van der Waals surface area contributed by atoms with Crippen LogP contribution in [0, 0.1) is 0 Å². The molecular formula is C26H26N4O4. The summed E-state index contributed by atoms with van der Waals surface area (Å²) in [6.45, 7) is 3.15. The van der Waals surface area contributed by atoms with Crippen LogP contribution in [0.15, 0.2) is 42.5 Å². The van der Waals surface area contributed by atoms with Crippen molar-refractivity contribution in [2.24, 2.45) is 0 Å². The summed E-state index contributed by atoms with van der Waals surface area (Å²) in [6, 6.07) is 12.2. The van der Waals surface area contributed by atoms with Gasteiger partial charge in [-0.2, -0.15) is 0 Å². The van der Waals surface area contributed by atoms with Crippen LogP contribution >= 0.6 is 0 Å². The van der Waals surface area contributed by atoms with Gasteiger partial charge < -0.3 is 18.9 Å². The molecule has 2 aromatic carbocycles. The molecule has 1 saturated heterocycles. The lowest BCUT2D eigenvalue weighted by atomic mass is 9.94. The van der Waals surface area contributed by atoms with Crippen molar-refractivity contribution in [3.8, 4) is 11.5 Å². The number of carbonyl (C=O) groups excluding carboxylic acids is 2. The third-order valence-corrected chi connectivity index (χ3v) is 6.92. The molecule has 0 radical (unpaired) electrons. The lowest BCUT2D eigenvalue weighted by Crippen LogP contribution is -2.40. The molecule has 1 atom stereocenters. The zero-order chi connectivity index (χ0) is 23.1. The van der Waals surface area contributed by atoms with Crippen LogP contribution in [-0.2, 0) is 13.0 Å². The van der Waals surface area contributed by atoms with Gasteiger partial charge in [0, 0.05) is 43.1 Å². The molecule has 0 saturated carbocycles. The number of nitrogens with zero attached hydrogens (tertiary/aromatic N) is 4. The first-order valence-electron chi connectivity index (χ1n) is 11.9. The van der Waals surface area contributed by atoms with Crippen molar-refractivity contribution >= 4 is 11.7 Å². The molecule has 8 nitrogen and oxygen atoms in total. The molecule has 3 aromatic rings. The Kier molecular flexibility index (Phi) is 5.28. The van der Waals surface area contributed by atoms with Gasteiger partial charge in [0.2, 0.25) is 0 Å². The first-order valence-corrected chi connectivity index (χ1v) is 11.9. The fourth-order valence-corrected chi connectivity index (χ4v) is 5.23. The second kappa shape index (κ2) is 8.59. The molecule has 1 aromatic heterocycles. The molecule has 0 N–H and O–H groups in total. The molecule has 3 aliphatic rings. The maximum atomic E-state index is 13.6. The molecule has 4 heterocycles. The van der Waals surface area contributed by atoms with Crippen LogP contribution in [0.25, 0.3) is 0 Å². The number of piperidine rings is 1. The van der Waals surface area contributed by atoms with Gasteiger partial charge in [0.15, 0.2) is 17.3 Å². The summed E-state index contributed by atoms with van der Waals surface area (Å²) < 4.78 is 13.4. The largest absolute Gasteiger partial charge is 0.486 e. The Morgan fingerprint density at radius 2 is 1.74 bits per heavy atom. The Bertz CT molecular complexity index is 1270. The minimum absolute atomic E-state index is 0.118. The van der Waals surface area contributed by atoms with Gasteiger partial charge in [0.1, 0.15) is 24.9 Å². The van der Waals surface area contributed by atoms with Crippen LogP contribution in [0.5, 0.6) is 11.5 Å². The van der Waals surface area contributed by atoms with Gasteiger partial charge in [-0.15, -0.1) is 10.2 Å². The number of amides is 1. The first kappa shape index (κ1) is 20.9. The van der Waals surface area contributed by atoms with E-state index in [9.17, 15) is 9.59 Å². The van der Waals surface area contributed by atoms with E-state index < -0.39 is 0 Å². The number of hydrogen-bond acceptors (Lipinski definition) is 6. The van der Waals surface area contributed by atoms with E-state index in [-0.39, 0.29) is 17.6 Å². The monoisotopic (exact) mass is 458 g/mol. The molecule has 0 spiro atoms. The average molecular weight is 459 g/mol. The van der Waals surface area contributed by atoms with E-state index in [2.05, 4.69) is 14.8 Å². The Morgan fingerprint density at radius 3 is 2.62 bits per heavy atom. The van der Waals surface area contributed by atoms with Crippen molar-refractivity contribution in [3.05, 3.63) is 70.8 Å². The third-order valence-electron chi connectivity index (χ3n) is 6.92. The van der Waals surface area contributed by atoms with Crippen LogP contribution in [0.4, 0.5) is 0 Å². The highest BCUT2D eigenvalue weighted by Crippen LogP contribution is 2.33. The molecule has 174 valence electrons. The topological polar surface area (TPSA) is 86.6 Å². The Morgan fingerprint density at radius 1 is 0.912 bits per heavy atom. The Labute approximate surface area is 197 Å². The van der Waals surface area contributed by atoms with Crippen LogP contribution in [0.2, 0.25) is 0 Å². The summed E-state index contributed by atoms with van der Waals surface area (Å²) in [6.07, 6.45) is 3.96. The van der Waals surface area contributed by atoms with Crippen molar-refractivity contribution in [1.82, 2.24) is 19.7 Å². The number of hydrogen-bond donors (Lipinski definition) is 0. The van der Waals surface area contributed by atoms with Crippen molar-refractivity contribution < 1.29 is 19.1 Å². The van der Waals surface area contributed by atoms with Gasteiger partial charge in [0.25, 0.3) is 5.91 Å². The van der Waals surface area contributed by atoms with E-state index in [1.165, 1.54) is 0 Å². The predicted molar refractivity (Wildman–Crippen MR) is 124 cm³/mol. The summed E-state index contributed by atoms with van der Waals surface area (Å²) in [5.74, 6) is 3.07. The highest BCUT2D eigenvalue weighted by atomic mass is 16.6. The smallest absolute Gasteiger partial charge is 0.254 e. The molecule has 0 aliphatic carbocycles. The summed E-state index contributed by atoms with van der Waals surface area (Å²) in [7, 11) is 0. The van der Waals surface area contributed by atoms with E-state index in [4.69, 9.17) is 9.47 Å². The van der Waals surface area contributed by atoms with Gasteiger partial charge in [-0.05, 0) is 43.5 Å². The van der Waals surface area contributed by atoms with E-state index >= 15 is 0 Å². The van der Waals surface area contributed by atoms with Crippen LogP contribution in [0.3, 0.4) is 0 Å². The summed E-state index contributed by atoms with van der Waals surface area (Å²) >= 11 is 0. The second-order valence-corrected chi connectivity index (χ2v) is 9.05. The van der Waals surface area contributed by atoms with Crippen molar-refractivity contribution in [3.63, 3.8) is 0 Å². The number of rotatable bonds is 4. The van der Waals surface area contributed by atoms with Crippen LogP contribution < -0.4 is 9.47 Å². The normalized spacial score (nSPS) is 19.1. The summed E-state index contributed by atoms with van der Waals surface area (Å²) in [5.41, 5.74) is 1.30. The van der Waals surface area contributed by atoms with E-state index in [1.54, 1.807) is 42.5 Å². The van der Waals surface area contributed by atoms with Gasteiger partial charge in [-0.1, -0.05) is 18.2 Å². The average Bonchev–Trinajstić information content (AvgIpc) is 3.52. The minimum Gasteiger partial charge on any atom is -0.486 e. The SMILES string of the molecule is O=C(c1ccc2c(c1)OCCO2)c1ccccc1C(=O)N1CCCC(c2nnc3n2CCC3)C1. The number of likely N-dealkylation sites (tertiary alicyclic amines) is 1. The molecule has 1 amide bonds. The quantitative estimate of drug-likeness (QED) is 0.558. The van der Waals surface area contributed by atoms with Gasteiger partial charge in [-0.25, -0.2) is 0 Å². The zero-order valence-corrected chi connectivity index (χ0v) is 18.9. The number of ketones is 1. The highest BCUT2D eigenvalue weighted by Gasteiger charge is 2.32. The van der Waals surface area contributed by atoms with Crippen LogP contribution in [0.1, 0.15) is 63.1 Å². The summed E-state index contributed by atoms with van der Waals surface area (Å²) in [5, 5.41) is 8.79. The predicted octanol–water partition coefficient (Wildman–Crippen LogP) is 3.25. The fourth-order valence-electron chi connectivity index (χ4n) is 5.23. The van der Waals surface area contributed by atoms with E-state index in [0.29, 0.717) is 54.5 Å². The summed E-state index contributed by atoms with van der Waals surface area (Å²) in [4.78, 5) is 28.9. The number of fused-ring (bicyclic) bond motifs is 2. The van der Waals surface area contributed by atoms with Crippen molar-refractivity contribution in [1.29, 1.82) is 0 Å². The minimum atomic E-state index is -0.204. The van der Waals surface area contributed by atoms with Crippen molar-refractivity contribution in [2.75, 3.05) is 26.3 Å². The van der Waals surface area contributed by atoms with Gasteiger partial charge >= 0.3 is 0 Å². The standard InChI is InChI=1S/C26H26N4O4/c31-24(17-9-10-21-22(15-17)34-14-13-33-21)19-6-1-2-7-20(19)26(32)29-11-3-5-18(16-29)25-28-27-23-8-4-12-30(23)25/h1-2,6-7,9-10,15,18H,3-5,8,11-14,16H2. The molecule has 0 bridgehead atoms. The molecule has 1 fully saturated rings. The number of ether oxygens (including phenoxy) is 2. The Hall–Kier alpha value is -3.68. The molecule has 34 heavy (non-hydrogen) atoms. The second-order valence-electron chi connectivity index (χ2n) is 9.05. The van der Waals surface area contributed by atoms with Gasteiger partial charge in [-0.3, -0.25) is 9.59 Å². The number of aromatic nitrogens is 3. The van der Waals surface area contributed by atoms with E-state index in [1.807, 2.05) is 4.90 Å². The lowest BCUT2D eigenvalue weighted by molar-refractivity contribution is 0.0699. The Balaban J connectivity index is 1.26. The molecule has 8 heteroatoms. The zero-order valence-electron chi connectivity index (χ0n) is 18.9. The molecule has 6 rings (SSSR count).